The van der Waals surface area contributed by atoms with Gasteiger partial charge in [-0.2, -0.15) is 0 Å². The Morgan fingerprint density at radius 3 is 2.81 bits per heavy atom. The van der Waals surface area contributed by atoms with Gasteiger partial charge in [0.2, 0.25) is 5.91 Å². The van der Waals surface area contributed by atoms with E-state index in [1.807, 2.05) is 0 Å². The van der Waals surface area contributed by atoms with Crippen molar-refractivity contribution in [3.8, 4) is 0 Å². The summed E-state index contributed by atoms with van der Waals surface area (Å²) in [4.78, 5) is 12.1. The lowest BCUT2D eigenvalue weighted by Crippen LogP contribution is -2.56. The fourth-order valence-electron chi connectivity index (χ4n) is 2.91. The Morgan fingerprint density at radius 1 is 1.56 bits per heavy atom. The number of carbonyl (C=O) groups excluding carboxylic acids is 1. The van der Waals surface area contributed by atoms with E-state index in [0.717, 1.165) is 32.3 Å². The second-order valence-electron chi connectivity index (χ2n) is 5.39. The molecule has 4 heteroatoms. The number of hydrogen-bond donors (Lipinski definition) is 2. The van der Waals surface area contributed by atoms with Crippen molar-refractivity contribution in [2.24, 2.45) is 17.1 Å². The lowest BCUT2D eigenvalue weighted by molar-refractivity contribution is -0.139. The normalized spacial score (nSPS) is 38.9. The number of amides is 1. The van der Waals surface area contributed by atoms with Crippen molar-refractivity contribution < 1.29 is 9.53 Å². The van der Waals surface area contributed by atoms with Crippen LogP contribution in [0, 0.1) is 11.3 Å². The second kappa shape index (κ2) is 4.72. The minimum Gasteiger partial charge on any atom is -0.379 e. The summed E-state index contributed by atoms with van der Waals surface area (Å²) < 4.78 is 5.36. The molecular weight excluding hydrogens is 204 g/mol. The van der Waals surface area contributed by atoms with Crippen molar-refractivity contribution in [3.63, 3.8) is 0 Å². The van der Waals surface area contributed by atoms with E-state index < -0.39 is 0 Å². The van der Waals surface area contributed by atoms with Crippen LogP contribution < -0.4 is 11.1 Å². The molecule has 0 radical (unpaired) electrons. The van der Waals surface area contributed by atoms with Crippen LogP contribution in [-0.2, 0) is 9.53 Å². The number of hydrogen-bond acceptors (Lipinski definition) is 3. The van der Waals surface area contributed by atoms with Crippen molar-refractivity contribution in [2.45, 2.75) is 38.6 Å². The fourth-order valence-corrected chi connectivity index (χ4v) is 2.91. The maximum absolute atomic E-state index is 12.1. The molecule has 16 heavy (non-hydrogen) atoms. The third kappa shape index (κ3) is 2.23. The smallest absolute Gasteiger partial charge is 0.227 e. The summed E-state index contributed by atoms with van der Waals surface area (Å²) in [5.74, 6) is 0.778. The lowest BCUT2D eigenvalue weighted by atomic mass is 9.62. The molecule has 1 aliphatic carbocycles. The highest BCUT2D eigenvalue weighted by molar-refractivity contribution is 5.84. The highest BCUT2D eigenvalue weighted by Crippen LogP contribution is 2.44. The zero-order valence-corrected chi connectivity index (χ0v) is 10.00. The van der Waals surface area contributed by atoms with Crippen LogP contribution in [0.4, 0.5) is 0 Å². The Bertz CT molecular complexity index is 256. The molecular formula is C12H22N2O2. The van der Waals surface area contributed by atoms with Gasteiger partial charge in [-0.1, -0.05) is 6.92 Å². The number of nitrogens with one attached hydrogen (secondary N) is 1. The Balaban J connectivity index is 1.86. The molecule has 2 aliphatic rings. The van der Waals surface area contributed by atoms with E-state index >= 15 is 0 Å². The molecule has 2 fully saturated rings. The first-order valence-corrected chi connectivity index (χ1v) is 6.25. The number of carbonyl (C=O) groups is 1. The quantitative estimate of drug-likeness (QED) is 0.743. The SMILES string of the molecule is CC1CC(CN)(C(=O)NC2CCCOC2)C1. The molecule has 1 saturated carbocycles. The van der Waals surface area contributed by atoms with E-state index in [1.54, 1.807) is 0 Å². The van der Waals surface area contributed by atoms with Crippen LogP contribution in [0.15, 0.2) is 0 Å². The molecule has 1 amide bonds. The molecule has 1 aliphatic heterocycles. The standard InChI is InChI=1S/C12H22N2O2/c1-9-5-12(6-9,8-13)11(15)14-10-3-2-4-16-7-10/h9-10H,2-8,13H2,1H3,(H,14,15). The minimum absolute atomic E-state index is 0.142. The average molecular weight is 226 g/mol. The van der Waals surface area contributed by atoms with Crippen LogP contribution in [0.25, 0.3) is 0 Å². The number of nitrogens with two attached hydrogens (primary N) is 1. The molecule has 0 bridgehead atoms. The minimum atomic E-state index is -0.281. The highest BCUT2D eigenvalue weighted by Gasteiger charge is 2.47. The van der Waals surface area contributed by atoms with Gasteiger partial charge in [-0.05, 0) is 31.6 Å². The molecule has 1 atom stereocenters. The first-order chi connectivity index (χ1) is 7.66. The number of ether oxygens (including phenoxy) is 1. The van der Waals surface area contributed by atoms with Crippen molar-refractivity contribution in [3.05, 3.63) is 0 Å². The zero-order valence-electron chi connectivity index (χ0n) is 10.00. The number of rotatable bonds is 3. The predicted octanol–water partition coefficient (Wildman–Crippen LogP) is 0.657. The van der Waals surface area contributed by atoms with E-state index in [9.17, 15) is 4.79 Å². The zero-order chi connectivity index (χ0) is 11.6. The van der Waals surface area contributed by atoms with Gasteiger partial charge < -0.3 is 15.8 Å². The Kier molecular flexibility index (Phi) is 3.50. The topological polar surface area (TPSA) is 64.4 Å². The lowest BCUT2D eigenvalue weighted by Gasteiger charge is -2.45. The van der Waals surface area contributed by atoms with Gasteiger partial charge >= 0.3 is 0 Å². The predicted molar refractivity (Wildman–Crippen MR) is 61.9 cm³/mol. The first-order valence-electron chi connectivity index (χ1n) is 6.25. The van der Waals surface area contributed by atoms with Crippen LogP contribution in [0.1, 0.15) is 32.6 Å². The van der Waals surface area contributed by atoms with Crippen LogP contribution in [0.5, 0.6) is 0 Å². The third-order valence-corrected chi connectivity index (χ3v) is 3.85. The summed E-state index contributed by atoms with van der Waals surface area (Å²) in [5, 5.41) is 3.09. The van der Waals surface area contributed by atoms with E-state index in [2.05, 4.69) is 12.2 Å². The van der Waals surface area contributed by atoms with Gasteiger partial charge in [-0.25, -0.2) is 0 Å². The maximum Gasteiger partial charge on any atom is 0.227 e. The maximum atomic E-state index is 12.1. The van der Waals surface area contributed by atoms with Crippen LogP contribution >= 0.6 is 0 Å². The Morgan fingerprint density at radius 2 is 2.31 bits per heavy atom. The van der Waals surface area contributed by atoms with Gasteiger partial charge in [0, 0.05) is 13.2 Å². The molecule has 0 aromatic rings. The summed E-state index contributed by atoms with van der Waals surface area (Å²) in [6.07, 6.45) is 3.94. The molecule has 0 aromatic heterocycles. The van der Waals surface area contributed by atoms with Gasteiger partial charge in [0.05, 0.1) is 18.1 Å². The molecule has 1 saturated heterocycles. The average Bonchev–Trinajstić information content (AvgIpc) is 2.25. The molecule has 2 rings (SSSR count). The van der Waals surface area contributed by atoms with Crippen molar-refractivity contribution >= 4 is 5.91 Å². The molecule has 92 valence electrons. The molecule has 0 spiro atoms. The Hall–Kier alpha value is -0.610. The summed E-state index contributed by atoms with van der Waals surface area (Å²) in [5.41, 5.74) is 5.46. The Labute approximate surface area is 96.9 Å². The molecule has 0 aromatic carbocycles. The monoisotopic (exact) mass is 226 g/mol. The summed E-state index contributed by atoms with van der Waals surface area (Å²) in [7, 11) is 0. The van der Waals surface area contributed by atoms with E-state index in [4.69, 9.17) is 10.5 Å². The van der Waals surface area contributed by atoms with Crippen LogP contribution in [-0.4, -0.2) is 31.7 Å². The highest BCUT2D eigenvalue weighted by atomic mass is 16.5. The van der Waals surface area contributed by atoms with Gasteiger partial charge in [0.25, 0.3) is 0 Å². The second-order valence-corrected chi connectivity index (χ2v) is 5.39. The molecule has 4 nitrogen and oxygen atoms in total. The van der Waals surface area contributed by atoms with Crippen LogP contribution in [0.2, 0.25) is 0 Å². The van der Waals surface area contributed by atoms with Crippen molar-refractivity contribution in [2.75, 3.05) is 19.8 Å². The first kappa shape index (κ1) is 11.9. The van der Waals surface area contributed by atoms with E-state index in [-0.39, 0.29) is 17.4 Å². The molecule has 1 unspecified atom stereocenters. The fraction of sp³-hybridized carbons (Fsp3) is 0.917. The van der Waals surface area contributed by atoms with Crippen molar-refractivity contribution in [1.29, 1.82) is 0 Å². The molecule has 3 N–H and O–H groups in total. The summed E-state index contributed by atoms with van der Waals surface area (Å²) in [6, 6.07) is 0.195. The van der Waals surface area contributed by atoms with Crippen molar-refractivity contribution in [1.82, 2.24) is 5.32 Å². The summed E-state index contributed by atoms with van der Waals surface area (Å²) in [6.45, 7) is 4.12. The third-order valence-electron chi connectivity index (χ3n) is 3.85. The van der Waals surface area contributed by atoms with Crippen LogP contribution in [0.3, 0.4) is 0 Å². The van der Waals surface area contributed by atoms with Gasteiger partial charge in [-0.3, -0.25) is 4.79 Å². The van der Waals surface area contributed by atoms with Gasteiger partial charge in [0.1, 0.15) is 0 Å². The van der Waals surface area contributed by atoms with E-state index in [0.29, 0.717) is 19.1 Å². The van der Waals surface area contributed by atoms with E-state index in [1.165, 1.54) is 0 Å². The van der Waals surface area contributed by atoms with Gasteiger partial charge in [-0.15, -0.1) is 0 Å². The molecule has 1 heterocycles. The largest absolute Gasteiger partial charge is 0.379 e. The summed E-state index contributed by atoms with van der Waals surface area (Å²) >= 11 is 0. The van der Waals surface area contributed by atoms with Gasteiger partial charge in [0.15, 0.2) is 0 Å².